The topological polar surface area (TPSA) is 72.5 Å². The molecule has 35 heavy (non-hydrogen) atoms. The Bertz CT molecular complexity index is 1350. The molecule has 0 radical (unpaired) electrons. The van der Waals surface area contributed by atoms with Crippen LogP contribution in [0.15, 0.2) is 52.7 Å². The highest BCUT2D eigenvalue weighted by Crippen LogP contribution is 2.39. The molecule has 0 aromatic heterocycles. The number of methoxy groups -OCH3 is 2. The Labute approximate surface area is 211 Å². The van der Waals surface area contributed by atoms with Gasteiger partial charge in [0.15, 0.2) is 12.6 Å². The third kappa shape index (κ3) is 4.59. The minimum atomic E-state index is -0.191. The predicted molar refractivity (Wildman–Crippen MR) is 132 cm³/mol. The summed E-state index contributed by atoms with van der Waals surface area (Å²) >= 11 is 3.53. The molecule has 0 aliphatic carbocycles. The van der Waals surface area contributed by atoms with Crippen LogP contribution < -0.4 is 23.7 Å². The van der Waals surface area contributed by atoms with Crippen LogP contribution in [0.2, 0.25) is 0 Å². The van der Waals surface area contributed by atoms with Crippen molar-refractivity contribution in [3.8, 4) is 28.7 Å². The van der Waals surface area contributed by atoms with Gasteiger partial charge >= 0.3 is 0 Å². The summed E-state index contributed by atoms with van der Waals surface area (Å²) in [6, 6.07) is 12.9. The summed E-state index contributed by atoms with van der Waals surface area (Å²) in [5.41, 5.74) is 3.83. The third-order valence-electron chi connectivity index (χ3n) is 5.81. The number of carbonyl (C=O) groups excluding carboxylic acids is 1. The summed E-state index contributed by atoms with van der Waals surface area (Å²) in [6.45, 7) is 2.85. The second-order valence-electron chi connectivity index (χ2n) is 8.11. The molecule has 0 unspecified atom stereocenters. The summed E-state index contributed by atoms with van der Waals surface area (Å²) in [5, 5.41) is 0. The Morgan fingerprint density at radius 2 is 1.91 bits per heavy atom. The molecule has 2 heterocycles. The minimum absolute atomic E-state index is 0.191. The first-order valence-electron chi connectivity index (χ1n) is 10.9. The van der Waals surface area contributed by atoms with E-state index in [-0.39, 0.29) is 24.9 Å². The molecule has 3 aromatic rings. The van der Waals surface area contributed by atoms with Gasteiger partial charge in [-0.15, -0.1) is 0 Å². The molecular weight excluding hydrogens is 516 g/mol. The highest BCUT2D eigenvalue weighted by atomic mass is 79.9. The van der Waals surface area contributed by atoms with E-state index >= 15 is 0 Å². The summed E-state index contributed by atoms with van der Waals surface area (Å²) in [5.74, 6) is 3.11. The molecule has 8 heteroatoms. The second kappa shape index (κ2) is 9.64. The number of benzene rings is 3. The van der Waals surface area contributed by atoms with Gasteiger partial charge in [-0.05, 0) is 55.0 Å². The summed E-state index contributed by atoms with van der Waals surface area (Å²) < 4.78 is 34.8. The van der Waals surface area contributed by atoms with Crippen molar-refractivity contribution in [1.82, 2.24) is 0 Å². The van der Waals surface area contributed by atoms with Crippen molar-refractivity contribution in [2.24, 2.45) is 0 Å². The number of hydrogen-bond acceptors (Lipinski definition) is 7. The lowest BCUT2D eigenvalue weighted by atomic mass is 10.0. The molecule has 0 saturated heterocycles. The van der Waals surface area contributed by atoms with Gasteiger partial charge in [0, 0.05) is 27.2 Å². The number of ether oxygens (including phenoxy) is 6. The Balaban J connectivity index is 1.40. The van der Waals surface area contributed by atoms with Gasteiger partial charge in [-0.1, -0.05) is 15.9 Å². The zero-order valence-corrected chi connectivity index (χ0v) is 21.1. The fourth-order valence-corrected chi connectivity index (χ4v) is 4.73. The number of ketones is 1. The predicted octanol–water partition coefficient (Wildman–Crippen LogP) is 5.84. The van der Waals surface area contributed by atoms with E-state index in [4.69, 9.17) is 28.4 Å². The molecule has 2 aliphatic rings. The number of hydrogen-bond donors (Lipinski definition) is 0. The van der Waals surface area contributed by atoms with Crippen molar-refractivity contribution in [2.75, 3.05) is 21.0 Å². The molecule has 0 bridgehead atoms. The first-order valence-corrected chi connectivity index (χ1v) is 11.7. The summed E-state index contributed by atoms with van der Waals surface area (Å²) in [6.07, 6.45) is 1.66. The maximum absolute atomic E-state index is 13.1. The molecular formula is C27H23BrO7. The number of allylic oxidation sites excluding steroid dienone is 1. The highest BCUT2D eigenvalue weighted by molar-refractivity contribution is 9.10. The maximum Gasteiger partial charge on any atom is 0.232 e. The molecule has 0 saturated carbocycles. The molecule has 0 atom stereocenters. The SMILES string of the molecule is COc1ccc(OC)c(/C=C2\Oc3cc(OCc4cc(Br)cc5c4OCOC5)cc(C)c3C2=O)c1. The van der Waals surface area contributed by atoms with Gasteiger partial charge in [0.25, 0.3) is 0 Å². The van der Waals surface area contributed by atoms with Crippen LogP contribution in [0.3, 0.4) is 0 Å². The largest absolute Gasteiger partial charge is 0.497 e. The Hall–Kier alpha value is -3.49. The monoisotopic (exact) mass is 538 g/mol. The van der Waals surface area contributed by atoms with Crippen LogP contribution in [0.1, 0.15) is 32.6 Å². The molecule has 7 nitrogen and oxygen atoms in total. The van der Waals surface area contributed by atoms with Crippen molar-refractivity contribution in [3.63, 3.8) is 0 Å². The number of Topliss-reactive ketones (excluding diaryl/α,β-unsaturated/α-hetero) is 1. The van der Waals surface area contributed by atoms with Crippen molar-refractivity contribution < 1.29 is 33.2 Å². The zero-order valence-electron chi connectivity index (χ0n) is 19.5. The van der Waals surface area contributed by atoms with E-state index in [0.717, 1.165) is 26.9 Å². The van der Waals surface area contributed by atoms with Gasteiger partial charge < -0.3 is 28.4 Å². The van der Waals surface area contributed by atoms with E-state index in [1.165, 1.54) is 0 Å². The first-order chi connectivity index (χ1) is 17.0. The lowest BCUT2D eigenvalue weighted by Gasteiger charge is -2.21. The second-order valence-corrected chi connectivity index (χ2v) is 9.03. The van der Waals surface area contributed by atoms with Crippen LogP contribution in [0.4, 0.5) is 0 Å². The molecule has 3 aromatic carbocycles. The van der Waals surface area contributed by atoms with E-state index < -0.39 is 0 Å². The average molecular weight is 539 g/mol. The number of rotatable bonds is 6. The van der Waals surface area contributed by atoms with Crippen LogP contribution in [-0.4, -0.2) is 26.8 Å². The summed E-state index contributed by atoms with van der Waals surface area (Å²) in [7, 11) is 3.16. The van der Waals surface area contributed by atoms with Crippen molar-refractivity contribution in [2.45, 2.75) is 20.1 Å². The normalized spacial score (nSPS) is 15.2. The number of carbonyl (C=O) groups is 1. The van der Waals surface area contributed by atoms with Crippen LogP contribution in [0.25, 0.3) is 6.08 Å². The smallest absolute Gasteiger partial charge is 0.232 e. The Kier molecular flexibility index (Phi) is 6.40. The van der Waals surface area contributed by atoms with Crippen molar-refractivity contribution >= 4 is 27.8 Å². The van der Waals surface area contributed by atoms with E-state index in [1.54, 1.807) is 44.6 Å². The van der Waals surface area contributed by atoms with Gasteiger partial charge in [0.1, 0.15) is 35.4 Å². The average Bonchev–Trinajstić information content (AvgIpc) is 3.17. The van der Waals surface area contributed by atoms with Crippen molar-refractivity contribution in [1.29, 1.82) is 0 Å². The number of aryl methyl sites for hydroxylation is 1. The van der Waals surface area contributed by atoms with E-state index in [9.17, 15) is 4.79 Å². The molecule has 5 rings (SSSR count). The molecule has 0 amide bonds. The number of fused-ring (bicyclic) bond motifs is 2. The Morgan fingerprint density at radius 3 is 2.71 bits per heavy atom. The van der Waals surface area contributed by atoms with E-state index in [2.05, 4.69) is 15.9 Å². The number of halogens is 1. The van der Waals surface area contributed by atoms with Gasteiger partial charge in [0.05, 0.1) is 26.4 Å². The molecule has 0 spiro atoms. The van der Waals surface area contributed by atoms with Crippen LogP contribution >= 0.6 is 15.9 Å². The first kappa shape index (κ1) is 23.3. The lowest BCUT2D eigenvalue weighted by Crippen LogP contribution is -2.14. The van der Waals surface area contributed by atoms with E-state index in [0.29, 0.717) is 40.7 Å². The quantitative estimate of drug-likeness (QED) is 0.365. The maximum atomic E-state index is 13.1. The zero-order chi connectivity index (χ0) is 24.5. The fraction of sp³-hybridized carbons (Fsp3) is 0.222. The summed E-state index contributed by atoms with van der Waals surface area (Å²) in [4.78, 5) is 13.1. The van der Waals surface area contributed by atoms with Crippen LogP contribution in [0.5, 0.6) is 28.7 Å². The van der Waals surface area contributed by atoms with Gasteiger partial charge in [0.2, 0.25) is 5.78 Å². The lowest BCUT2D eigenvalue weighted by molar-refractivity contribution is -0.0176. The van der Waals surface area contributed by atoms with Gasteiger partial charge in [-0.2, -0.15) is 0 Å². The highest BCUT2D eigenvalue weighted by Gasteiger charge is 2.30. The molecule has 2 aliphatic heterocycles. The molecule has 0 fully saturated rings. The minimum Gasteiger partial charge on any atom is -0.497 e. The molecule has 180 valence electrons. The van der Waals surface area contributed by atoms with Gasteiger partial charge in [-0.3, -0.25) is 4.79 Å². The third-order valence-corrected chi connectivity index (χ3v) is 6.27. The Morgan fingerprint density at radius 1 is 1.06 bits per heavy atom. The molecule has 0 N–H and O–H groups in total. The van der Waals surface area contributed by atoms with E-state index in [1.807, 2.05) is 25.1 Å². The fourth-order valence-electron chi connectivity index (χ4n) is 4.18. The van der Waals surface area contributed by atoms with Gasteiger partial charge in [-0.25, -0.2) is 0 Å². The van der Waals surface area contributed by atoms with Crippen LogP contribution in [0, 0.1) is 6.92 Å². The van der Waals surface area contributed by atoms with Crippen LogP contribution in [-0.2, 0) is 18.0 Å². The standard InChI is InChI=1S/C27H23BrO7/c1-15-6-21(33-13-18-8-19(28)7-17-12-32-14-34-27(17)18)11-23-25(15)26(29)24(35-23)10-16-9-20(30-2)4-5-22(16)31-3/h4-11H,12-14H2,1-3H3/b24-10-. The van der Waals surface area contributed by atoms with Crippen molar-refractivity contribution in [3.05, 3.63) is 80.5 Å².